The molecule has 5 nitrogen and oxygen atoms in total. The van der Waals surface area contributed by atoms with Crippen LogP contribution in [0.4, 0.5) is 4.79 Å². The maximum atomic E-state index is 10.7. The lowest BCUT2D eigenvalue weighted by Gasteiger charge is -2.06. The van der Waals surface area contributed by atoms with Gasteiger partial charge in [0.25, 0.3) is 0 Å². The summed E-state index contributed by atoms with van der Waals surface area (Å²) in [6.07, 6.45) is -0.330. The second-order valence-corrected chi connectivity index (χ2v) is 4.91. The molecule has 1 fully saturated rings. The van der Waals surface area contributed by atoms with Gasteiger partial charge in [-0.15, -0.1) is 0 Å². The third-order valence-electron chi connectivity index (χ3n) is 3.30. The van der Waals surface area contributed by atoms with Crippen LogP contribution in [0.2, 0.25) is 0 Å². The predicted molar refractivity (Wildman–Crippen MR) is 84.1 cm³/mol. The van der Waals surface area contributed by atoms with E-state index in [2.05, 4.69) is 5.32 Å². The van der Waals surface area contributed by atoms with Crippen molar-refractivity contribution < 1.29 is 14.6 Å². The van der Waals surface area contributed by atoms with E-state index in [1.54, 1.807) is 0 Å². The molecule has 2 aromatic carbocycles. The Morgan fingerprint density at radius 1 is 1.14 bits per heavy atom. The van der Waals surface area contributed by atoms with Crippen LogP contribution in [0, 0.1) is 0 Å². The van der Waals surface area contributed by atoms with Gasteiger partial charge < -0.3 is 20.9 Å². The van der Waals surface area contributed by atoms with Crippen molar-refractivity contribution in [3.63, 3.8) is 0 Å². The summed E-state index contributed by atoms with van der Waals surface area (Å²) >= 11 is 0. The second kappa shape index (κ2) is 8.17. The molecule has 1 aliphatic heterocycles. The monoisotopic (exact) mass is 300 g/mol. The Morgan fingerprint density at radius 2 is 1.73 bits per heavy atom. The first kappa shape index (κ1) is 16.0. The lowest BCUT2D eigenvalue weighted by Crippen LogP contribution is -2.17. The Morgan fingerprint density at radius 3 is 2.23 bits per heavy atom. The average Bonchev–Trinajstić information content (AvgIpc) is 3.03. The van der Waals surface area contributed by atoms with E-state index in [-0.39, 0.29) is 24.8 Å². The number of rotatable bonds is 3. The molecular weight excluding hydrogens is 280 g/mol. The number of aliphatic hydroxyl groups is 1. The van der Waals surface area contributed by atoms with Gasteiger partial charge in [-0.3, -0.25) is 0 Å². The first-order valence-corrected chi connectivity index (χ1v) is 7.10. The van der Waals surface area contributed by atoms with Crippen LogP contribution < -0.4 is 11.1 Å². The summed E-state index contributed by atoms with van der Waals surface area (Å²) in [6.45, 7) is 0.437. The number of aliphatic hydroxyl groups excluding tert-OH is 1. The number of nitrogens with two attached hydrogens (primary N) is 1. The van der Waals surface area contributed by atoms with E-state index < -0.39 is 0 Å². The molecule has 4 N–H and O–H groups in total. The van der Waals surface area contributed by atoms with Gasteiger partial charge in [-0.2, -0.15) is 0 Å². The molecule has 2 aromatic rings. The highest BCUT2D eigenvalue weighted by Crippen LogP contribution is 2.16. The number of alkyl carbamates (subject to hydrolysis) is 1. The molecule has 116 valence electrons. The quantitative estimate of drug-likeness (QED) is 0.811. The molecule has 1 heterocycles. The smallest absolute Gasteiger partial charge is 0.407 e. The highest BCUT2D eigenvalue weighted by atomic mass is 16.6. The summed E-state index contributed by atoms with van der Waals surface area (Å²) in [6, 6.07) is 19.1. The van der Waals surface area contributed by atoms with E-state index in [1.807, 2.05) is 60.7 Å². The molecule has 0 spiro atoms. The Labute approximate surface area is 129 Å². The first-order valence-electron chi connectivity index (χ1n) is 7.10. The zero-order chi connectivity index (χ0) is 15.8. The van der Waals surface area contributed by atoms with Crippen molar-refractivity contribution in [2.75, 3.05) is 13.2 Å². The predicted octanol–water partition coefficient (Wildman–Crippen LogP) is 2.15. The van der Waals surface area contributed by atoms with Crippen LogP contribution in [0.3, 0.4) is 0 Å². The van der Waals surface area contributed by atoms with Crippen LogP contribution in [0.15, 0.2) is 60.7 Å². The van der Waals surface area contributed by atoms with Crippen LogP contribution in [0.1, 0.15) is 23.2 Å². The zero-order valence-corrected chi connectivity index (χ0v) is 12.2. The van der Waals surface area contributed by atoms with Gasteiger partial charge in [-0.05, 0) is 11.1 Å². The largest absolute Gasteiger partial charge is 0.447 e. The van der Waals surface area contributed by atoms with Gasteiger partial charge in [-0.25, -0.2) is 4.79 Å². The minimum absolute atomic E-state index is 0.00398. The van der Waals surface area contributed by atoms with E-state index in [1.165, 1.54) is 0 Å². The van der Waals surface area contributed by atoms with Crippen molar-refractivity contribution in [1.29, 1.82) is 0 Å². The minimum atomic E-state index is -0.330. The fourth-order valence-electron chi connectivity index (χ4n) is 2.06. The summed E-state index contributed by atoms with van der Waals surface area (Å²) in [5.74, 6) is 0. The van der Waals surface area contributed by atoms with Crippen LogP contribution >= 0.6 is 0 Å². The standard InChI is InChI=1S/C9H9NO2.C8H11NO/c11-9-10-8(6-12-9)7-4-2-1-3-5-7;9-8(6-10)7-4-2-1-3-5-7/h1-5,8H,6H2,(H,10,11);1-5,8,10H,6,9H2/t2*8-/m11/s1. The van der Waals surface area contributed by atoms with E-state index in [0.29, 0.717) is 6.61 Å². The van der Waals surface area contributed by atoms with Gasteiger partial charge in [-0.1, -0.05) is 60.7 Å². The number of carbonyl (C=O) groups is 1. The molecule has 2 atom stereocenters. The van der Waals surface area contributed by atoms with Gasteiger partial charge in [0.15, 0.2) is 0 Å². The molecule has 0 aromatic heterocycles. The Hall–Kier alpha value is -2.37. The topological polar surface area (TPSA) is 84.6 Å². The maximum Gasteiger partial charge on any atom is 0.407 e. The molecule has 0 aliphatic carbocycles. The van der Waals surface area contributed by atoms with Crippen LogP contribution in [-0.2, 0) is 4.74 Å². The number of nitrogens with one attached hydrogen (secondary N) is 1. The number of hydrogen-bond acceptors (Lipinski definition) is 4. The molecule has 3 rings (SSSR count). The third-order valence-corrected chi connectivity index (χ3v) is 3.30. The van der Waals surface area contributed by atoms with Crippen LogP contribution in [0.25, 0.3) is 0 Å². The Kier molecular flexibility index (Phi) is 5.94. The third kappa shape index (κ3) is 4.58. The molecule has 0 unspecified atom stereocenters. The maximum absolute atomic E-state index is 10.7. The SMILES string of the molecule is N[C@H](CO)c1ccccc1.O=C1N[C@@H](c2ccccc2)CO1. The van der Waals surface area contributed by atoms with Crippen LogP contribution in [0.5, 0.6) is 0 Å². The molecule has 0 radical (unpaired) electrons. The summed E-state index contributed by atoms with van der Waals surface area (Å²) in [7, 11) is 0. The molecule has 1 aliphatic rings. The molecule has 0 saturated carbocycles. The first-order chi connectivity index (χ1) is 10.7. The normalized spacial score (nSPS) is 17.7. The summed E-state index contributed by atoms with van der Waals surface area (Å²) in [4.78, 5) is 10.7. The van der Waals surface area contributed by atoms with Crippen molar-refractivity contribution in [3.8, 4) is 0 Å². The summed E-state index contributed by atoms with van der Waals surface area (Å²) < 4.78 is 4.77. The molecule has 5 heteroatoms. The molecule has 0 bridgehead atoms. The van der Waals surface area contributed by atoms with E-state index in [0.717, 1.165) is 11.1 Å². The minimum Gasteiger partial charge on any atom is -0.447 e. The highest BCUT2D eigenvalue weighted by Gasteiger charge is 2.22. The molecule has 1 amide bonds. The molecule has 1 saturated heterocycles. The van der Waals surface area contributed by atoms with Crippen molar-refractivity contribution in [3.05, 3.63) is 71.8 Å². The average molecular weight is 300 g/mol. The lowest BCUT2D eigenvalue weighted by molar-refractivity contribution is 0.177. The number of carbonyl (C=O) groups excluding carboxylic acids is 1. The number of cyclic esters (lactones) is 1. The van der Waals surface area contributed by atoms with Crippen molar-refractivity contribution in [2.45, 2.75) is 12.1 Å². The summed E-state index contributed by atoms with van der Waals surface area (Å²) in [5, 5.41) is 11.4. The number of amides is 1. The van der Waals surface area contributed by atoms with Gasteiger partial charge in [0, 0.05) is 0 Å². The van der Waals surface area contributed by atoms with Gasteiger partial charge >= 0.3 is 6.09 Å². The Balaban J connectivity index is 0.000000164. The van der Waals surface area contributed by atoms with Crippen molar-refractivity contribution >= 4 is 6.09 Å². The number of hydrogen-bond donors (Lipinski definition) is 3. The van der Waals surface area contributed by atoms with Crippen LogP contribution in [-0.4, -0.2) is 24.4 Å². The fraction of sp³-hybridized carbons (Fsp3) is 0.235. The van der Waals surface area contributed by atoms with Crippen molar-refractivity contribution in [2.24, 2.45) is 5.73 Å². The van der Waals surface area contributed by atoms with Gasteiger partial charge in [0.1, 0.15) is 6.61 Å². The lowest BCUT2D eigenvalue weighted by atomic mass is 10.1. The molecule has 22 heavy (non-hydrogen) atoms. The van der Waals surface area contributed by atoms with Gasteiger partial charge in [0.2, 0.25) is 0 Å². The zero-order valence-electron chi connectivity index (χ0n) is 12.2. The van der Waals surface area contributed by atoms with Gasteiger partial charge in [0.05, 0.1) is 18.7 Å². The number of benzene rings is 2. The van der Waals surface area contributed by atoms with E-state index in [9.17, 15) is 4.79 Å². The number of ether oxygens (including phenoxy) is 1. The summed E-state index contributed by atoms with van der Waals surface area (Å²) in [5.41, 5.74) is 7.61. The molecular formula is C17H20N2O3. The van der Waals surface area contributed by atoms with E-state index >= 15 is 0 Å². The van der Waals surface area contributed by atoms with Crippen molar-refractivity contribution in [1.82, 2.24) is 5.32 Å². The highest BCUT2D eigenvalue weighted by molar-refractivity contribution is 5.70. The Bertz CT molecular complexity index is 575. The van der Waals surface area contributed by atoms with E-state index in [4.69, 9.17) is 15.6 Å². The second-order valence-electron chi connectivity index (χ2n) is 4.91. The fourth-order valence-corrected chi connectivity index (χ4v) is 2.06.